The lowest BCUT2D eigenvalue weighted by Crippen LogP contribution is -2.68. The minimum Gasteiger partial charge on any atom is -0.394 e. The fourth-order valence-corrected chi connectivity index (χ4v) is 12.5. The van der Waals surface area contributed by atoms with Crippen LogP contribution < -0.4 is 0 Å². The van der Waals surface area contributed by atoms with Crippen LogP contribution in [0.15, 0.2) is 0 Å². The van der Waals surface area contributed by atoms with Crippen LogP contribution in [0, 0.1) is 0 Å². The molecule has 0 aromatic heterocycles. The van der Waals surface area contributed by atoms with Gasteiger partial charge in [-0.1, -0.05) is 0 Å². The maximum atomic E-state index is 11.4. The van der Waals surface area contributed by atoms with E-state index in [1.165, 1.54) is 0 Å². The molecule has 8 aliphatic rings. The minimum absolute atomic E-state index is 0.145. The predicted octanol–water partition coefficient (Wildman–Crippen LogP) is -20.8. The fraction of sp³-hybridized carbons (Fsp3) is 0.981. The SMILES string of the molecule is O=CC(O)C(O)C(OC1OC(CO)C(OC2OC(CO)C(OC3OC(CO)C(OC4OC(CO)C(OC5OC(CO)C(OC6OC(CO)C(OC7OC(CO)C(OC8OC(CO)C(O)C(O)C8O)C(O)C7O)C(O)C6O)C(O)C5O)C(O)C4O)C(O)C3O)C(O)C2O)C(O)C1O)C(O)CO. The molecule has 0 spiro atoms. The Hall–Kier alpha value is -2.13. The van der Waals surface area contributed by atoms with Gasteiger partial charge in [0.15, 0.2) is 56.6 Å². The summed E-state index contributed by atoms with van der Waals surface area (Å²) in [6.07, 6.45) is -89.9. The molecule has 29 N–H and O–H groups in total. The van der Waals surface area contributed by atoms with Crippen molar-refractivity contribution in [1.82, 2.24) is 0 Å². The van der Waals surface area contributed by atoms with Gasteiger partial charge in [-0.05, 0) is 0 Å². The lowest BCUT2D eigenvalue weighted by atomic mass is 9.95. The van der Waals surface area contributed by atoms with Gasteiger partial charge in [0.1, 0.15) is 220 Å². The third-order valence-electron chi connectivity index (χ3n) is 18.3. The van der Waals surface area contributed by atoms with E-state index in [4.69, 9.17) is 75.8 Å². The van der Waals surface area contributed by atoms with E-state index in [0.29, 0.717) is 0 Å². The van der Waals surface area contributed by atoms with Crippen LogP contribution >= 0.6 is 0 Å². The summed E-state index contributed by atoms with van der Waals surface area (Å²) in [7, 11) is 0. The van der Waals surface area contributed by atoms with Gasteiger partial charge in [0, 0.05) is 0 Å². The Morgan fingerprint density at radius 1 is 0.260 bits per heavy atom. The molecule has 0 aliphatic carbocycles. The molecule has 8 heterocycles. The van der Waals surface area contributed by atoms with E-state index in [9.17, 15) is 153 Å². The van der Waals surface area contributed by atoms with Crippen molar-refractivity contribution >= 4 is 6.29 Å². The number of ether oxygens (including phenoxy) is 16. The van der Waals surface area contributed by atoms with E-state index in [2.05, 4.69) is 0 Å². The van der Waals surface area contributed by atoms with Crippen LogP contribution in [0.1, 0.15) is 0 Å². The summed E-state index contributed by atoms with van der Waals surface area (Å²) >= 11 is 0. The van der Waals surface area contributed by atoms with Crippen molar-refractivity contribution in [2.75, 3.05) is 59.5 Å². The zero-order chi connectivity index (χ0) is 73.8. The number of aldehydes is 1. The number of carbonyl (C=O) groups excluding carboxylic acids is 1. The second-order valence-electron chi connectivity index (χ2n) is 24.8. The highest BCUT2D eigenvalue weighted by molar-refractivity contribution is 5.56. The summed E-state index contributed by atoms with van der Waals surface area (Å²) in [6, 6.07) is 0. The monoisotopic (exact) mass is 1480 g/mol. The number of rotatable bonds is 29. The number of aliphatic hydroxyl groups excluding tert-OH is 29. The summed E-state index contributed by atoms with van der Waals surface area (Å²) in [6.45, 7) is -9.64. The maximum absolute atomic E-state index is 11.4. The van der Waals surface area contributed by atoms with E-state index in [0.717, 1.165) is 0 Å². The molecule has 0 saturated carbocycles. The second kappa shape index (κ2) is 36.6. The normalized spacial score (nSPS) is 50.3. The zero-order valence-corrected chi connectivity index (χ0v) is 52.3. The second-order valence-corrected chi connectivity index (χ2v) is 24.8. The van der Waals surface area contributed by atoms with Crippen LogP contribution in [-0.4, -0.2) is 484 Å². The van der Waals surface area contributed by atoms with Gasteiger partial charge in [-0.2, -0.15) is 0 Å². The van der Waals surface area contributed by atoms with Crippen molar-refractivity contribution in [3.05, 3.63) is 0 Å². The Bertz CT molecular complexity index is 2420. The third-order valence-corrected chi connectivity index (χ3v) is 18.3. The molecule has 0 radical (unpaired) electrons. The third kappa shape index (κ3) is 17.5. The van der Waals surface area contributed by atoms with E-state index < -0.39 is 330 Å². The summed E-state index contributed by atoms with van der Waals surface area (Å²) in [4.78, 5) is 11.1. The molecule has 44 atom stereocenters. The highest BCUT2D eigenvalue weighted by Crippen LogP contribution is 2.39. The van der Waals surface area contributed by atoms with Gasteiger partial charge in [0.25, 0.3) is 0 Å². The Morgan fingerprint density at radius 3 is 0.650 bits per heavy atom. The van der Waals surface area contributed by atoms with Gasteiger partial charge >= 0.3 is 0 Å². The molecule has 0 bridgehead atoms. The van der Waals surface area contributed by atoms with Crippen molar-refractivity contribution in [3.8, 4) is 0 Å². The molecule has 8 aliphatic heterocycles. The summed E-state index contributed by atoms with van der Waals surface area (Å²) in [5.74, 6) is 0. The Morgan fingerprint density at radius 2 is 0.450 bits per heavy atom. The Balaban J connectivity index is 0.843. The van der Waals surface area contributed by atoms with Crippen molar-refractivity contribution in [2.24, 2.45) is 0 Å². The standard InChI is InChI=1S/C54H92O46/c55-1-11(65)21(67)39(12(66)2-56)93-48-32(78)24(70)41(14(4-58)86-48)95-50-34(80)26(72)43(16(6-60)88-50)97-52-36(82)28(74)45(18(8-62)90-52)99-54-38(84)30(76)46(20(10-64)92-54)100-53-37(83)29(75)44(19(9-63)91-53)98-51-35(81)27(73)42(17(7-61)89-51)96-49-33(79)25(71)40(15(5-59)87-49)94-47-31(77)23(69)22(68)13(3-57)85-47/h1,11-54,56-84H,2-10H2. The highest BCUT2D eigenvalue weighted by Gasteiger charge is 2.60. The molecule has 100 heavy (non-hydrogen) atoms. The predicted molar refractivity (Wildman–Crippen MR) is 298 cm³/mol. The minimum atomic E-state index is -2.31. The van der Waals surface area contributed by atoms with Crippen molar-refractivity contribution in [3.63, 3.8) is 0 Å². The molecular weight excluding hydrogens is 1380 g/mol. The Labute approximate surface area is 563 Å². The van der Waals surface area contributed by atoms with Gasteiger partial charge in [-0.3, -0.25) is 0 Å². The smallest absolute Gasteiger partial charge is 0.187 e. The zero-order valence-electron chi connectivity index (χ0n) is 52.3. The fourth-order valence-electron chi connectivity index (χ4n) is 12.5. The topological polar surface area (TPSA) is 751 Å². The maximum Gasteiger partial charge on any atom is 0.187 e. The van der Waals surface area contributed by atoms with Gasteiger partial charge < -0.3 is 229 Å². The first-order chi connectivity index (χ1) is 47.4. The average molecular weight is 1480 g/mol. The van der Waals surface area contributed by atoms with E-state index in [1.54, 1.807) is 0 Å². The van der Waals surface area contributed by atoms with Crippen LogP contribution in [-0.2, 0) is 80.6 Å². The molecule has 44 unspecified atom stereocenters. The van der Waals surface area contributed by atoms with E-state index in [-0.39, 0.29) is 6.29 Å². The number of aliphatic hydroxyl groups is 29. The number of hydrogen-bond acceptors (Lipinski definition) is 46. The van der Waals surface area contributed by atoms with Gasteiger partial charge in [0.05, 0.1) is 59.5 Å². The molecule has 0 amide bonds. The van der Waals surface area contributed by atoms with Crippen LogP contribution in [0.25, 0.3) is 0 Å². The van der Waals surface area contributed by atoms with Gasteiger partial charge in [0.2, 0.25) is 0 Å². The molecule has 8 saturated heterocycles. The largest absolute Gasteiger partial charge is 0.394 e. The van der Waals surface area contributed by atoms with E-state index >= 15 is 0 Å². The molecule has 46 heteroatoms. The summed E-state index contributed by atoms with van der Waals surface area (Å²) in [5, 5.41) is 310. The van der Waals surface area contributed by atoms with Crippen molar-refractivity contribution in [1.29, 1.82) is 0 Å². The van der Waals surface area contributed by atoms with Crippen molar-refractivity contribution < 1.29 is 229 Å². The first-order valence-electron chi connectivity index (χ1n) is 31.5. The Kier molecular flexibility index (Phi) is 30.6. The van der Waals surface area contributed by atoms with Crippen LogP contribution in [0.3, 0.4) is 0 Å². The lowest BCUT2D eigenvalue weighted by molar-refractivity contribution is -0.399. The number of hydrogen-bond donors (Lipinski definition) is 29. The van der Waals surface area contributed by atoms with Crippen LogP contribution in [0.2, 0.25) is 0 Å². The number of carbonyl (C=O) groups is 1. The molecule has 584 valence electrons. The molecular formula is C54H92O46. The quantitative estimate of drug-likeness (QED) is 0.0309. The lowest BCUT2D eigenvalue weighted by Gasteiger charge is -2.50. The van der Waals surface area contributed by atoms with Gasteiger partial charge in [-0.15, -0.1) is 0 Å². The average Bonchev–Trinajstić information content (AvgIpc) is 0.778. The van der Waals surface area contributed by atoms with Crippen molar-refractivity contribution in [2.45, 2.75) is 270 Å². The first-order valence-corrected chi connectivity index (χ1v) is 31.5. The van der Waals surface area contributed by atoms with E-state index in [1.807, 2.05) is 0 Å². The summed E-state index contributed by atoms with van der Waals surface area (Å²) < 4.78 is 89.4. The molecule has 8 fully saturated rings. The molecule has 46 nitrogen and oxygen atoms in total. The highest BCUT2D eigenvalue weighted by atomic mass is 16.8. The van der Waals surface area contributed by atoms with Crippen LogP contribution in [0.4, 0.5) is 0 Å². The first kappa shape index (κ1) is 83.5. The molecule has 0 aromatic carbocycles. The molecule has 0 aromatic rings. The van der Waals surface area contributed by atoms with Crippen LogP contribution in [0.5, 0.6) is 0 Å². The summed E-state index contributed by atoms with van der Waals surface area (Å²) in [5.41, 5.74) is 0. The molecule has 8 rings (SSSR count). The van der Waals surface area contributed by atoms with Gasteiger partial charge in [-0.25, -0.2) is 0 Å².